The van der Waals surface area contributed by atoms with Gasteiger partial charge in [0, 0.05) is 24.2 Å². The number of aliphatic hydroxyl groups excluding tert-OH is 1. The quantitative estimate of drug-likeness (QED) is 0.799. The van der Waals surface area contributed by atoms with Gasteiger partial charge in [-0.25, -0.2) is 4.39 Å². The number of halogens is 1. The van der Waals surface area contributed by atoms with E-state index < -0.39 is 11.9 Å². The van der Waals surface area contributed by atoms with Crippen molar-refractivity contribution in [3.63, 3.8) is 0 Å². The van der Waals surface area contributed by atoms with E-state index in [2.05, 4.69) is 5.32 Å². The van der Waals surface area contributed by atoms with Gasteiger partial charge in [0.05, 0.1) is 7.11 Å². The van der Waals surface area contributed by atoms with Gasteiger partial charge in [0.25, 0.3) is 0 Å². The number of hydrogen-bond acceptors (Lipinski definition) is 4. The largest absolute Gasteiger partial charge is 0.497 e. The molecule has 5 heteroatoms. The summed E-state index contributed by atoms with van der Waals surface area (Å²) in [6.07, 6.45) is 4.15. The van der Waals surface area contributed by atoms with Crippen LogP contribution in [-0.4, -0.2) is 37.5 Å². The van der Waals surface area contributed by atoms with Gasteiger partial charge >= 0.3 is 0 Å². The molecule has 1 aliphatic carbocycles. The van der Waals surface area contributed by atoms with Crippen LogP contribution in [0.4, 0.5) is 4.39 Å². The van der Waals surface area contributed by atoms with Crippen molar-refractivity contribution in [2.75, 3.05) is 20.3 Å². The lowest BCUT2D eigenvalue weighted by molar-refractivity contribution is 0.100. The molecule has 24 heavy (non-hydrogen) atoms. The number of benzene rings is 1. The van der Waals surface area contributed by atoms with Crippen molar-refractivity contribution >= 4 is 0 Å². The normalized spacial score (nSPS) is 17.1. The van der Waals surface area contributed by atoms with Crippen LogP contribution in [0.1, 0.15) is 52.0 Å². The molecule has 0 spiro atoms. The number of nitrogens with one attached hydrogen (secondary N) is 1. The maximum atomic E-state index is 14.4. The Balaban J connectivity index is 2.00. The third-order valence-electron chi connectivity index (χ3n) is 4.48. The molecule has 0 aliphatic heterocycles. The van der Waals surface area contributed by atoms with E-state index in [-0.39, 0.29) is 17.8 Å². The van der Waals surface area contributed by atoms with E-state index in [4.69, 9.17) is 9.47 Å². The smallest absolute Gasteiger partial charge is 0.169 e. The molecule has 0 saturated heterocycles. The Kier molecular flexibility index (Phi) is 6.47. The highest BCUT2D eigenvalue weighted by Gasteiger charge is 2.24. The van der Waals surface area contributed by atoms with Crippen LogP contribution in [0.25, 0.3) is 0 Å². The summed E-state index contributed by atoms with van der Waals surface area (Å²) >= 11 is 0. The Hall–Kier alpha value is -1.33. The van der Waals surface area contributed by atoms with Gasteiger partial charge in [-0.3, -0.25) is 0 Å². The van der Waals surface area contributed by atoms with Crippen LogP contribution in [0.3, 0.4) is 0 Å². The molecule has 0 aromatic heterocycles. The van der Waals surface area contributed by atoms with Gasteiger partial charge in [-0.1, -0.05) is 33.6 Å². The van der Waals surface area contributed by atoms with Gasteiger partial charge in [-0.15, -0.1) is 0 Å². The molecule has 0 radical (unpaired) electrons. The average molecular weight is 339 g/mol. The van der Waals surface area contributed by atoms with Gasteiger partial charge in [0.1, 0.15) is 18.5 Å². The second-order valence-corrected chi connectivity index (χ2v) is 7.59. The fourth-order valence-corrected chi connectivity index (χ4v) is 3.06. The summed E-state index contributed by atoms with van der Waals surface area (Å²) in [7, 11) is 1.51. The summed E-state index contributed by atoms with van der Waals surface area (Å²) in [5, 5.41) is 13.5. The molecule has 0 heterocycles. The van der Waals surface area contributed by atoms with Crippen molar-refractivity contribution in [1.29, 1.82) is 0 Å². The van der Waals surface area contributed by atoms with E-state index in [1.807, 2.05) is 20.8 Å². The molecule has 1 atom stereocenters. The van der Waals surface area contributed by atoms with Crippen LogP contribution in [0.5, 0.6) is 11.5 Å². The van der Waals surface area contributed by atoms with Gasteiger partial charge in [0.2, 0.25) is 0 Å². The number of methoxy groups -OCH3 is 1. The SMILES string of the molecule is COc1cc(F)c(OCC(O)CNC2CCCC2)c(C(C)(C)C)c1. The van der Waals surface area contributed by atoms with Crippen LogP contribution < -0.4 is 14.8 Å². The number of ether oxygens (including phenoxy) is 2. The summed E-state index contributed by atoms with van der Waals surface area (Å²) in [5.41, 5.74) is 0.438. The number of rotatable bonds is 7. The molecule has 2 rings (SSSR count). The van der Waals surface area contributed by atoms with E-state index in [0.717, 1.165) is 18.4 Å². The van der Waals surface area contributed by atoms with Crippen LogP contribution in [0.2, 0.25) is 0 Å². The lowest BCUT2D eigenvalue weighted by Gasteiger charge is -2.25. The minimum atomic E-state index is -0.667. The Morgan fingerprint density at radius 3 is 2.54 bits per heavy atom. The highest BCUT2D eigenvalue weighted by atomic mass is 19.1. The summed E-state index contributed by atoms with van der Waals surface area (Å²) < 4.78 is 25.2. The highest BCUT2D eigenvalue weighted by molar-refractivity contribution is 5.45. The zero-order chi connectivity index (χ0) is 17.7. The van der Waals surface area contributed by atoms with Crippen LogP contribution in [-0.2, 0) is 5.41 Å². The van der Waals surface area contributed by atoms with Gasteiger partial charge in [0.15, 0.2) is 11.6 Å². The zero-order valence-corrected chi connectivity index (χ0v) is 15.2. The molecule has 136 valence electrons. The van der Waals surface area contributed by atoms with E-state index in [9.17, 15) is 9.50 Å². The Morgan fingerprint density at radius 2 is 1.96 bits per heavy atom. The topological polar surface area (TPSA) is 50.7 Å². The van der Waals surface area contributed by atoms with Crippen molar-refractivity contribution < 1.29 is 19.0 Å². The zero-order valence-electron chi connectivity index (χ0n) is 15.2. The molecule has 1 aromatic carbocycles. The van der Waals surface area contributed by atoms with Crippen molar-refractivity contribution in [2.45, 2.75) is 64.0 Å². The molecular weight excluding hydrogens is 309 g/mol. The lowest BCUT2D eigenvalue weighted by Crippen LogP contribution is -2.36. The molecule has 0 bridgehead atoms. The third-order valence-corrected chi connectivity index (χ3v) is 4.48. The summed E-state index contributed by atoms with van der Waals surface area (Å²) in [5.74, 6) is 0.201. The molecule has 1 aromatic rings. The molecular formula is C19H30FNO3. The lowest BCUT2D eigenvalue weighted by atomic mass is 9.86. The maximum Gasteiger partial charge on any atom is 0.169 e. The molecule has 1 aliphatic rings. The van der Waals surface area contributed by atoms with Gasteiger partial charge < -0.3 is 19.9 Å². The number of aliphatic hydroxyl groups is 1. The van der Waals surface area contributed by atoms with Crippen LogP contribution in [0, 0.1) is 5.82 Å². The predicted molar refractivity (Wildman–Crippen MR) is 93.4 cm³/mol. The fourth-order valence-electron chi connectivity index (χ4n) is 3.06. The molecule has 4 nitrogen and oxygen atoms in total. The maximum absolute atomic E-state index is 14.4. The third kappa shape index (κ3) is 5.08. The first-order valence-corrected chi connectivity index (χ1v) is 8.73. The van der Waals surface area contributed by atoms with E-state index in [1.54, 1.807) is 6.07 Å². The standard InChI is InChI=1S/C19H30FNO3/c1-19(2,3)16-9-15(23-4)10-17(20)18(16)24-12-14(22)11-21-13-7-5-6-8-13/h9-10,13-14,21-22H,5-8,11-12H2,1-4H3. The molecule has 1 fully saturated rings. The molecule has 0 amide bonds. The van der Waals surface area contributed by atoms with Crippen molar-refractivity contribution in [3.05, 3.63) is 23.5 Å². The van der Waals surface area contributed by atoms with Crippen molar-refractivity contribution in [2.24, 2.45) is 0 Å². The minimum Gasteiger partial charge on any atom is -0.497 e. The Bertz CT molecular complexity index is 536. The second kappa shape index (κ2) is 8.17. The van der Waals surface area contributed by atoms with Crippen molar-refractivity contribution in [3.8, 4) is 11.5 Å². The fraction of sp³-hybridized carbons (Fsp3) is 0.684. The summed E-state index contributed by atoms with van der Waals surface area (Å²) in [6.45, 7) is 6.50. The van der Waals surface area contributed by atoms with Crippen molar-refractivity contribution in [1.82, 2.24) is 5.32 Å². The number of hydrogen-bond donors (Lipinski definition) is 2. The van der Waals surface area contributed by atoms with E-state index in [1.165, 1.54) is 26.0 Å². The van der Waals surface area contributed by atoms with Crippen LogP contribution in [0.15, 0.2) is 12.1 Å². The minimum absolute atomic E-state index is 0.0616. The van der Waals surface area contributed by atoms with Gasteiger partial charge in [-0.2, -0.15) is 0 Å². The summed E-state index contributed by atoms with van der Waals surface area (Å²) in [4.78, 5) is 0. The Labute approximate surface area is 144 Å². The first-order chi connectivity index (χ1) is 11.3. The van der Waals surface area contributed by atoms with E-state index in [0.29, 0.717) is 18.3 Å². The monoisotopic (exact) mass is 339 g/mol. The first kappa shape index (κ1) is 19.0. The summed E-state index contributed by atoms with van der Waals surface area (Å²) in [6, 6.07) is 3.59. The van der Waals surface area contributed by atoms with Gasteiger partial charge in [-0.05, 0) is 24.3 Å². The first-order valence-electron chi connectivity index (χ1n) is 8.73. The second-order valence-electron chi connectivity index (χ2n) is 7.59. The highest BCUT2D eigenvalue weighted by Crippen LogP contribution is 2.36. The molecule has 1 unspecified atom stereocenters. The average Bonchev–Trinajstić information content (AvgIpc) is 3.03. The van der Waals surface area contributed by atoms with E-state index >= 15 is 0 Å². The molecule has 2 N–H and O–H groups in total. The molecule has 1 saturated carbocycles. The van der Waals surface area contributed by atoms with Crippen LogP contribution >= 0.6 is 0 Å². The predicted octanol–water partition coefficient (Wildman–Crippen LogP) is 3.40. The Morgan fingerprint density at radius 1 is 1.29 bits per heavy atom.